The van der Waals surface area contributed by atoms with E-state index in [1.807, 2.05) is 13.8 Å². The number of nitrogens with one attached hydrogen (secondary N) is 1. The van der Waals surface area contributed by atoms with Crippen LogP contribution in [0.5, 0.6) is 0 Å². The van der Waals surface area contributed by atoms with Crippen LogP contribution in [0.4, 0.5) is 0 Å². The lowest BCUT2D eigenvalue weighted by atomic mass is 10.5. The van der Waals surface area contributed by atoms with Crippen LogP contribution in [0.25, 0.3) is 0 Å². The molecule has 0 aliphatic rings. The average Bonchev–Trinajstić information content (AvgIpc) is 2.01. The SMILES string of the molecule is CCCNC(OCC)OCC. The second-order valence-corrected chi connectivity index (χ2v) is 2.20. The second kappa shape index (κ2) is 7.98. The minimum atomic E-state index is -0.218. The molecular formula is C8H19NO2. The molecule has 0 radical (unpaired) electrons. The van der Waals surface area contributed by atoms with E-state index in [1.165, 1.54) is 0 Å². The van der Waals surface area contributed by atoms with Crippen molar-refractivity contribution in [1.82, 2.24) is 5.32 Å². The van der Waals surface area contributed by atoms with E-state index in [0.717, 1.165) is 13.0 Å². The van der Waals surface area contributed by atoms with Gasteiger partial charge in [-0.05, 0) is 26.8 Å². The Morgan fingerprint density at radius 1 is 1.09 bits per heavy atom. The summed E-state index contributed by atoms with van der Waals surface area (Å²) >= 11 is 0. The van der Waals surface area contributed by atoms with Crippen molar-refractivity contribution in [3.63, 3.8) is 0 Å². The summed E-state index contributed by atoms with van der Waals surface area (Å²) in [7, 11) is 0. The Labute approximate surface area is 69.1 Å². The molecule has 0 spiro atoms. The molecule has 0 bridgehead atoms. The van der Waals surface area contributed by atoms with Crippen molar-refractivity contribution in [2.45, 2.75) is 33.6 Å². The van der Waals surface area contributed by atoms with Crippen molar-refractivity contribution >= 4 is 0 Å². The average molecular weight is 161 g/mol. The minimum absolute atomic E-state index is 0.218. The summed E-state index contributed by atoms with van der Waals surface area (Å²) in [5, 5.41) is 3.13. The predicted octanol–water partition coefficient (Wildman–Crippen LogP) is 1.34. The lowest BCUT2D eigenvalue weighted by Crippen LogP contribution is -2.34. The van der Waals surface area contributed by atoms with Gasteiger partial charge in [0.25, 0.3) is 0 Å². The number of ether oxygens (including phenoxy) is 2. The molecule has 0 aromatic carbocycles. The minimum Gasteiger partial charge on any atom is -0.340 e. The molecule has 0 saturated carbocycles. The first-order chi connectivity index (χ1) is 5.35. The number of hydrogen-bond acceptors (Lipinski definition) is 3. The number of hydrogen-bond donors (Lipinski definition) is 1. The molecule has 0 aliphatic heterocycles. The highest BCUT2D eigenvalue weighted by Crippen LogP contribution is 1.90. The van der Waals surface area contributed by atoms with Crippen LogP contribution >= 0.6 is 0 Å². The van der Waals surface area contributed by atoms with Crippen molar-refractivity contribution in [1.29, 1.82) is 0 Å². The Bertz CT molecular complexity index is 72.5. The van der Waals surface area contributed by atoms with Gasteiger partial charge in [-0.15, -0.1) is 0 Å². The van der Waals surface area contributed by atoms with Crippen LogP contribution in [0.3, 0.4) is 0 Å². The summed E-state index contributed by atoms with van der Waals surface area (Å²) in [6.45, 7) is 8.33. The van der Waals surface area contributed by atoms with Crippen molar-refractivity contribution < 1.29 is 9.47 Å². The van der Waals surface area contributed by atoms with Crippen LogP contribution in [0.15, 0.2) is 0 Å². The summed E-state index contributed by atoms with van der Waals surface area (Å²) in [5.74, 6) is 0. The van der Waals surface area contributed by atoms with Gasteiger partial charge in [-0.1, -0.05) is 6.92 Å². The molecule has 1 N–H and O–H groups in total. The maximum absolute atomic E-state index is 5.25. The lowest BCUT2D eigenvalue weighted by Gasteiger charge is -2.17. The van der Waals surface area contributed by atoms with Gasteiger partial charge in [-0.3, -0.25) is 5.32 Å². The van der Waals surface area contributed by atoms with Gasteiger partial charge in [-0.25, -0.2) is 0 Å². The van der Waals surface area contributed by atoms with Gasteiger partial charge in [0.05, 0.1) is 0 Å². The van der Waals surface area contributed by atoms with E-state index in [-0.39, 0.29) is 6.41 Å². The third kappa shape index (κ3) is 6.28. The Hall–Kier alpha value is -0.120. The van der Waals surface area contributed by atoms with E-state index in [4.69, 9.17) is 9.47 Å². The molecule has 0 saturated heterocycles. The maximum atomic E-state index is 5.25. The molecule has 11 heavy (non-hydrogen) atoms. The third-order valence-electron chi connectivity index (χ3n) is 1.20. The van der Waals surface area contributed by atoms with Crippen LogP contribution in [0, 0.1) is 0 Å². The van der Waals surface area contributed by atoms with Crippen LogP contribution in [0.2, 0.25) is 0 Å². The second-order valence-electron chi connectivity index (χ2n) is 2.20. The summed E-state index contributed by atoms with van der Waals surface area (Å²) < 4.78 is 10.5. The smallest absolute Gasteiger partial charge is 0.216 e. The fourth-order valence-corrected chi connectivity index (χ4v) is 0.731. The zero-order valence-corrected chi connectivity index (χ0v) is 7.72. The molecule has 3 heteroatoms. The van der Waals surface area contributed by atoms with Gasteiger partial charge in [-0.2, -0.15) is 0 Å². The molecule has 0 aromatic rings. The molecule has 0 aromatic heterocycles. The van der Waals surface area contributed by atoms with E-state index in [2.05, 4.69) is 12.2 Å². The zero-order valence-electron chi connectivity index (χ0n) is 7.72. The van der Waals surface area contributed by atoms with Gasteiger partial charge in [0, 0.05) is 13.2 Å². The van der Waals surface area contributed by atoms with Gasteiger partial charge >= 0.3 is 0 Å². The topological polar surface area (TPSA) is 30.5 Å². The molecule has 68 valence electrons. The van der Waals surface area contributed by atoms with E-state index in [9.17, 15) is 0 Å². The molecule has 0 heterocycles. The fraction of sp³-hybridized carbons (Fsp3) is 1.00. The van der Waals surface area contributed by atoms with Gasteiger partial charge in [0.15, 0.2) is 0 Å². The Morgan fingerprint density at radius 3 is 2.00 bits per heavy atom. The third-order valence-corrected chi connectivity index (χ3v) is 1.20. The molecule has 0 amide bonds. The Balaban J connectivity index is 3.34. The normalized spacial score (nSPS) is 10.9. The van der Waals surface area contributed by atoms with Crippen LogP contribution in [0.1, 0.15) is 27.2 Å². The highest BCUT2D eigenvalue weighted by Gasteiger charge is 2.03. The molecule has 0 unspecified atom stereocenters. The predicted molar refractivity (Wildman–Crippen MR) is 45.3 cm³/mol. The molecule has 0 atom stereocenters. The highest BCUT2D eigenvalue weighted by molar-refractivity contribution is 4.41. The standard InChI is InChI=1S/C8H19NO2/c1-4-7-9-8(10-5-2)11-6-3/h8-9H,4-7H2,1-3H3. The Morgan fingerprint density at radius 2 is 1.64 bits per heavy atom. The van der Waals surface area contributed by atoms with Crippen LogP contribution < -0.4 is 5.32 Å². The van der Waals surface area contributed by atoms with E-state index in [0.29, 0.717) is 13.2 Å². The lowest BCUT2D eigenvalue weighted by molar-refractivity contribution is -0.154. The first-order valence-corrected chi connectivity index (χ1v) is 4.31. The van der Waals surface area contributed by atoms with Crippen molar-refractivity contribution in [3.8, 4) is 0 Å². The fourth-order valence-electron chi connectivity index (χ4n) is 0.731. The van der Waals surface area contributed by atoms with E-state index in [1.54, 1.807) is 0 Å². The maximum Gasteiger partial charge on any atom is 0.216 e. The monoisotopic (exact) mass is 161 g/mol. The van der Waals surface area contributed by atoms with Crippen LogP contribution in [-0.4, -0.2) is 26.2 Å². The zero-order chi connectivity index (χ0) is 8.53. The highest BCUT2D eigenvalue weighted by atomic mass is 16.7. The van der Waals surface area contributed by atoms with Gasteiger partial charge in [0.2, 0.25) is 6.41 Å². The van der Waals surface area contributed by atoms with Gasteiger partial charge in [0.1, 0.15) is 0 Å². The summed E-state index contributed by atoms with van der Waals surface area (Å²) in [5.41, 5.74) is 0. The molecular weight excluding hydrogens is 142 g/mol. The Kier molecular flexibility index (Phi) is 7.89. The largest absolute Gasteiger partial charge is 0.340 e. The first kappa shape index (κ1) is 10.9. The summed E-state index contributed by atoms with van der Waals surface area (Å²) in [6, 6.07) is 0. The van der Waals surface area contributed by atoms with Crippen LogP contribution in [-0.2, 0) is 9.47 Å². The summed E-state index contributed by atoms with van der Waals surface area (Å²) in [4.78, 5) is 0. The van der Waals surface area contributed by atoms with Crippen molar-refractivity contribution in [3.05, 3.63) is 0 Å². The molecule has 0 rings (SSSR count). The van der Waals surface area contributed by atoms with Crippen molar-refractivity contribution in [2.24, 2.45) is 0 Å². The van der Waals surface area contributed by atoms with E-state index >= 15 is 0 Å². The molecule has 3 nitrogen and oxygen atoms in total. The number of rotatable bonds is 7. The molecule has 0 aliphatic carbocycles. The quantitative estimate of drug-likeness (QED) is 0.572. The van der Waals surface area contributed by atoms with E-state index < -0.39 is 0 Å². The molecule has 0 fully saturated rings. The van der Waals surface area contributed by atoms with Crippen molar-refractivity contribution in [2.75, 3.05) is 19.8 Å². The first-order valence-electron chi connectivity index (χ1n) is 4.31. The summed E-state index contributed by atoms with van der Waals surface area (Å²) in [6.07, 6.45) is 0.876. The van der Waals surface area contributed by atoms with Gasteiger partial charge < -0.3 is 9.47 Å².